The van der Waals surface area contributed by atoms with Gasteiger partial charge in [-0.25, -0.2) is 9.67 Å². The van der Waals surface area contributed by atoms with Gasteiger partial charge in [-0.1, -0.05) is 29.8 Å². The summed E-state index contributed by atoms with van der Waals surface area (Å²) in [7, 11) is 0. The fourth-order valence-electron chi connectivity index (χ4n) is 2.21. The number of alkyl halides is 3. The van der Waals surface area contributed by atoms with Crippen LogP contribution in [-0.4, -0.2) is 20.7 Å². The number of nitrogens with zero attached hydrogens (tertiary/aromatic N) is 3. The second kappa shape index (κ2) is 6.39. The first kappa shape index (κ1) is 16.7. The molecule has 1 heterocycles. The first-order chi connectivity index (χ1) is 11.8. The average Bonchev–Trinajstić information content (AvgIpc) is 3.05. The van der Waals surface area contributed by atoms with Crippen molar-refractivity contribution in [3.8, 4) is 5.69 Å². The smallest absolute Gasteiger partial charge is 0.319 e. The number of carbonyl (C=O) groups is 1. The molecule has 0 aliphatic rings. The zero-order chi connectivity index (χ0) is 18.0. The normalized spacial score (nSPS) is 11.4. The van der Waals surface area contributed by atoms with Crippen LogP contribution in [0.15, 0.2) is 54.9 Å². The summed E-state index contributed by atoms with van der Waals surface area (Å²) < 4.78 is 40.3. The number of aryl methyl sites for hydroxylation is 1. The highest BCUT2D eigenvalue weighted by molar-refractivity contribution is 6.02. The van der Waals surface area contributed by atoms with E-state index in [0.717, 1.165) is 11.6 Å². The highest BCUT2D eigenvalue weighted by Gasteiger charge is 2.33. The summed E-state index contributed by atoms with van der Waals surface area (Å²) in [6, 6.07) is 12.1. The lowest BCUT2D eigenvalue weighted by atomic mass is 10.1. The number of hydrogen-bond acceptors (Lipinski definition) is 3. The Morgan fingerprint density at radius 3 is 2.44 bits per heavy atom. The van der Waals surface area contributed by atoms with E-state index < -0.39 is 17.6 Å². The summed E-state index contributed by atoms with van der Waals surface area (Å²) in [5.41, 5.74) is 0.478. The Balaban J connectivity index is 1.83. The Hall–Kier alpha value is -3.16. The number of benzene rings is 2. The molecule has 3 aromatic rings. The molecule has 0 radical (unpaired) electrons. The van der Waals surface area contributed by atoms with Gasteiger partial charge in [-0.05, 0) is 31.2 Å². The monoisotopic (exact) mass is 346 g/mol. The van der Waals surface area contributed by atoms with Crippen LogP contribution in [0.1, 0.15) is 21.7 Å². The van der Waals surface area contributed by atoms with Gasteiger partial charge >= 0.3 is 6.18 Å². The van der Waals surface area contributed by atoms with Crippen LogP contribution < -0.4 is 5.32 Å². The number of amides is 1. The lowest BCUT2D eigenvalue weighted by Gasteiger charge is -2.12. The van der Waals surface area contributed by atoms with Crippen molar-refractivity contribution in [1.29, 1.82) is 0 Å². The molecule has 0 fully saturated rings. The number of hydrogen-bond donors (Lipinski definition) is 1. The number of rotatable bonds is 3. The van der Waals surface area contributed by atoms with Crippen LogP contribution in [0.5, 0.6) is 0 Å². The molecule has 1 aromatic heterocycles. The molecular formula is C17H13F3N4O. The molecule has 0 atom stereocenters. The molecule has 0 bridgehead atoms. The molecule has 1 amide bonds. The predicted octanol–water partition coefficient (Wildman–Crippen LogP) is 3.85. The highest BCUT2D eigenvalue weighted by Crippen LogP contribution is 2.34. The number of anilines is 1. The van der Waals surface area contributed by atoms with Crippen molar-refractivity contribution in [2.45, 2.75) is 13.1 Å². The van der Waals surface area contributed by atoms with Crippen LogP contribution in [-0.2, 0) is 6.18 Å². The number of nitrogens with one attached hydrogen (secondary N) is 1. The quantitative estimate of drug-likeness (QED) is 0.784. The molecule has 128 valence electrons. The molecule has 0 spiro atoms. The minimum absolute atomic E-state index is 0.224. The Kier molecular flexibility index (Phi) is 4.26. The summed E-state index contributed by atoms with van der Waals surface area (Å²) in [6.45, 7) is 1.93. The van der Waals surface area contributed by atoms with Crippen LogP contribution >= 0.6 is 0 Å². The largest absolute Gasteiger partial charge is 0.418 e. The van der Waals surface area contributed by atoms with Crippen LogP contribution in [0.3, 0.4) is 0 Å². The Labute approximate surface area is 141 Å². The van der Waals surface area contributed by atoms with E-state index >= 15 is 0 Å². The molecule has 0 unspecified atom stereocenters. The maximum atomic E-state index is 13.0. The highest BCUT2D eigenvalue weighted by atomic mass is 19.4. The third-order valence-electron chi connectivity index (χ3n) is 3.47. The van der Waals surface area contributed by atoms with E-state index in [4.69, 9.17) is 0 Å². The van der Waals surface area contributed by atoms with Gasteiger partial charge in [0.25, 0.3) is 5.91 Å². The maximum absolute atomic E-state index is 13.0. The van der Waals surface area contributed by atoms with E-state index in [1.165, 1.54) is 29.2 Å². The van der Waals surface area contributed by atoms with Gasteiger partial charge in [-0.15, -0.1) is 5.10 Å². The summed E-state index contributed by atoms with van der Waals surface area (Å²) in [5, 5.41) is 6.22. The summed E-state index contributed by atoms with van der Waals surface area (Å²) in [6.07, 6.45) is -3.24. The molecular weight excluding hydrogens is 333 g/mol. The first-order valence-corrected chi connectivity index (χ1v) is 7.31. The Morgan fingerprint density at radius 1 is 1.08 bits per heavy atom. The van der Waals surface area contributed by atoms with Gasteiger partial charge in [-0.3, -0.25) is 4.79 Å². The van der Waals surface area contributed by atoms with E-state index in [-0.39, 0.29) is 11.5 Å². The van der Waals surface area contributed by atoms with Gasteiger partial charge in [0.05, 0.1) is 16.9 Å². The first-order valence-electron chi connectivity index (χ1n) is 7.31. The van der Waals surface area contributed by atoms with Crippen molar-refractivity contribution >= 4 is 11.6 Å². The summed E-state index contributed by atoms with van der Waals surface area (Å²) >= 11 is 0. The molecule has 2 aromatic carbocycles. The zero-order valence-electron chi connectivity index (χ0n) is 13.1. The van der Waals surface area contributed by atoms with Gasteiger partial charge in [0, 0.05) is 0 Å². The van der Waals surface area contributed by atoms with Crippen molar-refractivity contribution in [2.75, 3.05) is 5.32 Å². The number of para-hydroxylation sites is 1. The van der Waals surface area contributed by atoms with Crippen molar-refractivity contribution in [1.82, 2.24) is 14.8 Å². The molecule has 0 aliphatic heterocycles. The number of carbonyl (C=O) groups excluding carboxylic acids is 1. The van der Waals surface area contributed by atoms with Crippen molar-refractivity contribution in [3.05, 3.63) is 71.8 Å². The topological polar surface area (TPSA) is 59.8 Å². The Bertz CT molecular complexity index is 901. The van der Waals surface area contributed by atoms with Crippen LogP contribution in [0.25, 0.3) is 5.69 Å². The SMILES string of the molecule is Cc1ccc(-n2cnc(C(=O)Nc3ccccc3C(F)(F)F)n2)cc1. The Morgan fingerprint density at radius 2 is 1.76 bits per heavy atom. The van der Waals surface area contributed by atoms with Crippen molar-refractivity contribution < 1.29 is 18.0 Å². The van der Waals surface area contributed by atoms with E-state index in [1.54, 1.807) is 12.1 Å². The van der Waals surface area contributed by atoms with Crippen molar-refractivity contribution in [2.24, 2.45) is 0 Å². The summed E-state index contributed by atoms with van der Waals surface area (Å²) in [4.78, 5) is 16.0. The molecule has 0 saturated heterocycles. The van der Waals surface area contributed by atoms with E-state index in [0.29, 0.717) is 5.69 Å². The fourth-order valence-corrected chi connectivity index (χ4v) is 2.21. The van der Waals surface area contributed by atoms with Crippen LogP contribution in [0.2, 0.25) is 0 Å². The van der Waals surface area contributed by atoms with Gasteiger partial charge in [0.1, 0.15) is 6.33 Å². The van der Waals surface area contributed by atoms with E-state index in [1.807, 2.05) is 19.1 Å². The molecule has 8 heteroatoms. The third-order valence-corrected chi connectivity index (χ3v) is 3.47. The summed E-state index contributed by atoms with van der Waals surface area (Å²) in [5.74, 6) is -1.04. The zero-order valence-corrected chi connectivity index (χ0v) is 13.1. The predicted molar refractivity (Wildman–Crippen MR) is 85.5 cm³/mol. The molecule has 3 rings (SSSR count). The second-order valence-electron chi connectivity index (χ2n) is 5.35. The minimum atomic E-state index is -4.57. The maximum Gasteiger partial charge on any atom is 0.418 e. The standard InChI is InChI=1S/C17H13F3N4O/c1-11-6-8-12(9-7-11)24-10-21-15(23-24)16(25)22-14-5-3-2-4-13(14)17(18,19)20/h2-10H,1H3,(H,22,25). The van der Waals surface area contributed by atoms with Crippen LogP contribution in [0.4, 0.5) is 18.9 Å². The van der Waals surface area contributed by atoms with Gasteiger partial charge < -0.3 is 5.32 Å². The molecule has 1 N–H and O–H groups in total. The molecule has 0 aliphatic carbocycles. The fraction of sp³-hybridized carbons (Fsp3) is 0.118. The molecule has 0 saturated carbocycles. The van der Waals surface area contributed by atoms with Crippen LogP contribution in [0, 0.1) is 6.92 Å². The second-order valence-corrected chi connectivity index (χ2v) is 5.35. The lowest BCUT2D eigenvalue weighted by molar-refractivity contribution is -0.136. The van der Waals surface area contributed by atoms with E-state index in [2.05, 4.69) is 15.4 Å². The van der Waals surface area contributed by atoms with E-state index in [9.17, 15) is 18.0 Å². The van der Waals surface area contributed by atoms with Gasteiger partial charge in [-0.2, -0.15) is 13.2 Å². The average molecular weight is 346 g/mol. The third kappa shape index (κ3) is 3.68. The lowest BCUT2D eigenvalue weighted by Crippen LogP contribution is -2.18. The number of halogens is 3. The number of aromatic nitrogens is 3. The van der Waals surface area contributed by atoms with Crippen molar-refractivity contribution in [3.63, 3.8) is 0 Å². The van der Waals surface area contributed by atoms with Gasteiger partial charge in [0.15, 0.2) is 0 Å². The van der Waals surface area contributed by atoms with Gasteiger partial charge in [0.2, 0.25) is 5.82 Å². The minimum Gasteiger partial charge on any atom is -0.319 e. The molecule has 5 nitrogen and oxygen atoms in total. The molecule has 25 heavy (non-hydrogen) atoms.